The zero-order valence-corrected chi connectivity index (χ0v) is 13.6. The Bertz CT molecular complexity index is 664. The number of hydrogen-bond donors (Lipinski definition) is 0. The summed E-state index contributed by atoms with van der Waals surface area (Å²) in [5.74, 6) is -0.511. The molecule has 116 valence electrons. The van der Waals surface area contributed by atoms with Crippen LogP contribution in [0.15, 0.2) is 29.6 Å². The molecular formula is C17H19FN2OS. The number of amides is 1. The third kappa shape index (κ3) is 2.90. The van der Waals surface area contributed by atoms with E-state index >= 15 is 0 Å². The quantitative estimate of drug-likeness (QED) is 0.843. The van der Waals surface area contributed by atoms with Crippen LogP contribution in [0.4, 0.5) is 10.1 Å². The highest BCUT2D eigenvalue weighted by molar-refractivity contribution is 7.09. The van der Waals surface area contributed by atoms with Gasteiger partial charge in [0.15, 0.2) is 0 Å². The summed E-state index contributed by atoms with van der Waals surface area (Å²) < 4.78 is 13.2. The summed E-state index contributed by atoms with van der Waals surface area (Å²) in [6.45, 7) is 3.83. The number of benzene rings is 1. The van der Waals surface area contributed by atoms with Gasteiger partial charge in [0.25, 0.3) is 0 Å². The van der Waals surface area contributed by atoms with Crippen molar-refractivity contribution in [3.63, 3.8) is 0 Å². The van der Waals surface area contributed by atoms with E-state index < -0.39 is 0 Å². The lowest BCUT2D eigenvalue weighted by Crippen LogP contribution is -2.46. The van der Waals surface area contributed by atoms with Gasteiger partial charge < -0.3 is 4.90 Å². The Morgan fingerprint density at radius 1 is 1.36 bits per heavy atom. The molecule has 1 amide bonds. The molecule has 1 fully saturated rings. The van der Waals surface area contributed by atoms with E-state index in [4.69, 9.17) is 0 Å². The molecule has 22 heavy (non-hydrogen) atoms. The van der Waals surface area contributed by atoms with Crippen molar-refractivity contribution in [2.75, 3.05) is 4.90 Å². The molecule has 1 aromatic heterocycles. The summed E-state index contributed by atoms with van der Waals surface area (Å²) in [5.41, 5.74) is 1.72. The van der Waals surface area contributed by atoms with E-state index in [2.05, 4.69) is 4.98 Å². The van der Waals surface area contributed by atoms with Crippen molar-refractivity contribution >= 4 is 22.9 Å². The second-order valence-corrected chi connectivity index (χ2v) is 6.71. The Balaban J connectivity index is 1.88. The second kappa shape index (κ2) is 6.16. The van der Waals surface area contributed by atoms with Crippen molar-refractivity contribution < 1.29 is 9.18 Å². The van der Waals surface area contributed by atoms with Crippen LogP contribution in [-0.2, 0) is 4.79 Å². The molecule has 0 spiro atoms. The molecule has 0 aliphatic heterocycles. The van der Waals surface area contributed by atoms with E-state index in [9.17, 15) is 9.18 Å². The Kier molecular flexibility index (Phi) is 4.25. The fourth-order valence-electron chi connectivity index (χ4n) is 2.65. The van der Waals surface area contributed by atoms with Crippen molar-refractivity contribution in [2.45, 2.75) is 45.1 Å². The number of thiazole rings is 1. The van der Waals surface area contributed by atoms with E-state index in [0.29, 0.717) is 0 Å². The fraction of sp³-hybridized carbons (Fsp3) is 0.412. The predicted molar refractivity (Wildman–Crippen MR) is 86.8 cm³/mol. The van der Waals surface area contributed by atoms with Crippen LogP contribution in [0.1, 0.15) is 42.8 Å². The number of hydrogen-bond acceptors (Lipinski definition) is 3. The van der Waals surface area contributed by atoms with Gasteiger partial charge in [-0.1, -0.05) is 0 Å². The minimum Gasteiger partial charge on any atom is -0.309 e. The summed E-state index contributed by atoms with van der Waals surface area (Å²) in [5, 5.41) is 2.80. The molecule has 0 radical (unpaired) electrons. The normalized spacial score (nSPS) is 16.1. The van der Waals surface area contributed by atoms with E-state index in [-0.39, 0.29) is 23.7 Å². The molecule has 1 saturated carbocycles. The lowest BCUT2D eigenvalue weighted by atomic mass is 9.90. The number of halogens is 1. The number of carbonyl (C=O) groups excluding carboxylic acids is 1. The average molecular weight is 318 g/mol. The van der Waals surface area contributed by atoms with Crippen LogP contribution in [0.25, 0.3) is 0 Å². The molecule has 3 nitrogen and oxygen atoms in total. The fourth-order valence-corrected chi connectivity index (χ4v) is 3.50. The molecule has 1 unspecified atom stereocenters. The number of carbonyl (C=O) groups is 1. The third-order valence-corrected chi connectivity index (χ3v) is 5.30. The summed E-state index contributed by atoms with van der Waals surface area (Å²) in [6, 6.07) is 6.41. The first-order valence-electron chi connectivity index (χ1n) is 7.57. The molecule has 3 rings (SSSR count). The first-order chi connectivity index (χ1) is 10.6. The first-order valence-corrected chi connectivity index (χ1v) is 8.45. The lowest BCUT2D eigenvalue weighted by molar-refractivity contribution is -0.120. The van der Waals surface area contributed by atoms with Crippen LogP contribution in [0.5, 0.6) is 0 Å². The van der Waals surface area contributed by atoms with Crippen LogP contribution < -0.4 is 4.90 Å². The van der Waals surface area contributed by atoms with Gasteiger partial charge in [-0.3, -0.25) is 4.79 Å². The van der Waals surface area contributed by atoms with Crippen molar-refractivity contribution in [2.24, 2.45) is 0 Å². The van der Waals surface area contributed by atoms with Gasteiger partial charge in [-0.25, -0.2) is 9.37 Å². The molecule has 5 heteroatoms. The second-order valence-electron chi connectivity index (χ2n) is 5.82. The summed E-state index contributed by atoms with van der Waals surface area (Å²) in [4.78, 5) is 19.2. The number of aryl methyl sites for hydroxylation is 1. The van der Waals surface area contributed by atoms with Crippen LogP contribution in [0, 0.1) is 12.7 Å². The highest BCUT2D eigenvalue weighted by Gasteiger charge is 2.33. The number of nitrogens with zero attached hydrogens (tertiary/aromatic N) is 2. The Labute approximate surface area is 133 Å². The van der Waals surface area contributed by atoms with E-state index in [1.54, 1.807) is 12.1 Å². The van der Waals surface area contributed by atoms with Gasteiger partial charge in [0, 0.05) is 22.8 Å². The van der Waals surface area contributed by atoms with Gasteiger partial charge >= 0.3 is 0 Å². The van der Waals surface area contributed by atoms with Gasteiger partial charge in [-0.15, -0.1) is 11.3 Å². The van der Waals surface area contributed by atoms with Gasteiger partial charge in [0.05, 0.1) is 5.92 Å². The Hall–Kier alpha value is -1.75. The maximum absolute atomic E-state index is 13.2. The molecular weight excluding hydrogens is 299 g/mol. The minimum absolute atomic E-state index is 0.0469. The molecule has 1 heterocycles. The first kappa shape index (κ1) is 15.2. The van der Waals surface area contributed by atoms with E-state index in [0.717, 1.165) is 35.7 Å². The Morgan fingerprint density at radius 2 is 2.05 bits per heavy atom. The Morgan fingerprint density at radius 3 is 2.55 bits per heavy atom. The van der Waals surface area contributed by atoms with Gasteiger partial charge in [-0.2, -0.15) is 0 Å². The van der Waals surface area contributed by atoms with E-state index in [1.165, 1.54) is 23.5 Å². The highest BCUT2D eigenvalue weighted by Crippen LogP contribution is 2.33. The molecule has 0 saturated heterocycles. The van der Waals surface area contributed by atoms with Crippen molar-refractivity contribution in [3.05, 3.63) is 46.2 Å². The molecule has 0 N–H and O–H groups in total. The van der Waals surface area contributed by atoms with Crippen LogP contribution in [0.2, 0.25) is 0 Å². The maximum atomic E-state index is 13.2. The monoisotopic (exact) mass is 318 g/mol. The van der Waals surface area contributed by atoms with Crippen molar-refractivity contribution in [1.82, 2.24) is 4.98 Å². The summed E-state index contributed by atoms with van der Waals surface area (Å²) >= 11 is 1.52. The highest BCUT2D eigenvalue weighted by atomic mass is 32.1. The predicted octanol–water partition coefficient (Wildman–Crippen LogP) is 4.28. The maximum Gasteiger partial charge on any atom is 0.236 e. The number of aromatic nitrogens is 1. The van der Waals surface area contributed by atoms with E-state index in [1.807, 2.05) is 24.1 Å². The molecule has 0 bridgehead atoms. The minimum atomic E-state index is -0.284. The number of rotatable bonds is 4. The smallest absolute Gasteiger partial charge is 0.236 e. The summed E-state index contributed by atoms with van der Waals surface area (Å²) in [6.07, 6.45) is 3.15. The van der Waals surface area contributed by atoms with Crippen molar-refractivity contribution in [3.8, 4) is 0 Å². The largest absolute Gasteiger partial charge is 0.309 e. The standard InChI is InChI=1S/C17H19FN2OS/c1-11-10-22-16(19-11)12(2)17(21)20(14-4-3-5-14)15-8-6-13(18)7-9-15/h6-10,12,14H,3-5H2,1-2H3. The van der Waals surface area contributed by atoms with Crippen molar-refractivity contribution in [1.29, 1.82) is 0 Å². The topological polar surface area (TPSA) is 33.2 Å². The zero-order chi connectivity index (χ0) is 15.7. The SMILES string of the molecule is Cc1csc(C(C)C(=O)N(c2ccc(F)cc2)C2CCC2)n1. The van der Waals surface area contributed by atoms with Crippen LogP contribution in [0.3, 0.4) is 0 Å². The average Bonchev–Trinajstić information content (AvgIpc) is 2.89. The number of anilines is 1. The molecule has 1 aliphatic carbocycles. The zero-order valence-electron chi connectivity index (χ0n) is 12.8. The molecule has 2 aromatic rings. The molecule has 1 aliphatic rings. The van der Waals surface area contributed by atoms with Gasteiger partial charge in [-0.05, 0) is 57.4 Å². The molecule has 1 aromatic carbocycles. The lowest BCUT2D eigenvalue weighted by Gasteiger charge is -2.38. The van der Waals surface area contributed by atoms with Crippen LogP contribution in [-0.4, -0.2) is 16.9 Å². The van der Waals surface area contributed by atoms with Crippen LogP contribution >= 0.6 is 11.3 Å². The third-order valence-electron chi connectivity index (χ3n) is 4.16. The molecule has 1 atom stereocenters. The summed E-state index contributed by atoms with van der Waals surface area (Å²) in [7, 11) is 0. The van der Waals surface area contributed by atoms with Gasteiger partial charge in [0.1, 0.15) is 10.8 Å². The van der Waals surface area contributed by atoms with Gasteiger partial charge in [0.2, 0.25) is 5.91 Å².